The molecule has 0 aromatic heterocycles. The number of para-hydroxylation sites is 2. The van der Waals surface area contributed by atoms with Crippen LogP contribution in [0.2, 0.25) is 5.02 Å². The number of nitrogens with one attached hydrogen (secondary N) is 1. The van der Waals surface area contributed by atoms with E-state index in [0.29, 0.717) is 22.2 Å². The van der Waals surface area contributed by atoms with Crippen LogP contribution in [-0.2, 0) is 9.53 Å². The van der Waals surface area contributed by atoms with Crippen molar-refractivity contribution >= 4 is 29.2 Å². The Morgan fingerprint density at radius 1 is 1.08 bits per heavy atom. The summed E-state index contributed by atoms with van der Waals surface area (Å²) >= 11 is 6.07. The van der Waals surface area contributed by atoms with E-state index in [-0.39, 0.29) is 5.56 Å². The third-order valence-corrected chi connectivity index (χ3v) is 3.72. The molecule has 0 saturated carbocycles. The largest absolute Gasteiger partial charge is 0.493 e. The molecule has 2 rings (SSSR count). The van der Waals surface area contributed by atoms with Gasteiger partial charge in [0.2, 0.25) is 0 Å². The van der Waals surface area contributed by atoms with Crippen LogP contribution in [0.3, 0.4) is 0 Å². The van der Waals surface area contributed by atoms with E-state index in [1.807, 2.05) is 0 Å². The molecule has 0 fully saturated rings. The Morgan fingerprint density at radius 3 is 2.40 bits per heavy atom. The number of methoxy groups -OCH3 is 2. The average Bonchev–Trinajstić information content (AvgIpc) is 2.63. The van der Waals surface area contributed by atoms with Gasteiger partial charge < -0.3 is 19.5 Å². The van der Waals surface area contributed by atoms with Crippen molar-refractivity contribution in [3.8, 4) is 11.5 Å². The van der Waals surface area contributed by atoms with Crippen LogP contribution in [0.1, 0.15) is 17.3 Å². The fraction of sp³-hybridized carbons (Fsp3) is 0.222. The van der Waals surface area contributed by atoms with Crippen molar-refractivity contribution < 1.29 is 23.8 Å². The molecule has 6 nitrogen and oxygen atoms in total. The van der Waals surface area contributed by atoms with Crippen LogP contribution in [-0.4, -0.2) is 32.2 Å². The molecule has 2 aromatic carbocycles. The van der Waals surface area contributed by atoms with E-state index < -0.39 is 18.0 Å². The lowest BCUT2D eigenvalue weighted by atomic mass is 10.2. The molecule has 0 radical (unpaired) electrons. The van der Waals surface area contributed by atoms with Gasteiger partial charge in [0.1, 0.15) is 0 Å². The second kappa shape index (κ2) is 8.39. The summed E-state index contributed by atoms with van der Waals surface area (Å²) in [6, 6.07) is 11.5. The molecule has 0 aliphatic rings. The predicted octanol–water partition coefficient (Wildman–Crippen LogP) is 3.54. The number of amides is 1. The molecular weight excluding hydrogens is 346 g/mol. The lowest BCUT2D eigenvalue weighted by molar-refractivity contribution is -0.122. The van der Waals surface area contributed by atoms with Gasteiger partial charge in [-0.25, -0.2) is 4.79 Å². The molecule has 2 aromatic rings. The van der Waals surface area contributed by atoms with Gasteiger partial charge in [0.25, 0.3) is 5.91 Å². The first-order valence-corrected chi connectivity index (χ1v) is 7.82. The summed E-state index contributed by atoms with van der Waals surface area (Å²) in [6.07, 6.45) is -0.811. The van der Waals surface area contributed by atoms with Gasteiger partial charge in [-0.1, -0.05) is 23.7 Å². The van der Waals surface area contributed by atoms with E-state index in [9.17, 15) is 9.59 Å². The van der Waals surface area contributed by atoms with Gasteiger partial charge in [0.05, 0.1) is 30.5 Å². The topological polar surface area (TPSA) is 73.9 Å². The minimum Gasteiger partial charge on any atom is -0.493 e. The SMILES string of the molecule is COC(=O)c1ccc(Cl)c(NC(=O)[C@H](C)Oc2ccccc2OC)c1. The second-order valence-corrected chi connectivity index (χ2v) is 5.49. The zero-order chi connectivity index (χ0) is 18.4. The summed E-state index contributed by atoms with van der Waals surface area (Å²) in [6.45, 7) is 1.60. The number of esters is 1. The molecule has 0 spiro atoms. The molecule has 0 aliphatic carbocycles. The summed E-state index contributed by atoms with van der Waals surface area (Å²) in [4.78, 5) is 24.0. The molecule has 0 aliphatic heterocycles. The first kappa shape index (κ1) is 18.6. The minimum absolute atomic E-state index is 0.278. The van der Waals surface area contributed by atoms with Gasteiger partial charge >= 0.3 is 5.97 Å². The van der Waals surface area contributed by atoms with E-state index in [0.717, 1.165) is 0 Å². The molecule has 7 heteroatoms. The second-order valence-electron chi connectivity index (χ2n) is 5.09. The maximum absolute atomic E-state index is 12.4. The van der Waals surface area contributed by atoms with Crippen molar-refractivity contribution in [1.29, 1.82) is 0 Å². The molecule has 0 unspecified atom stereocenters. The molecule has 0 saturated heterocycles. The van der Waals surface area contributed by atoms with E-state index >= 15 is 0 Å². The third kappa shape index (κ3) is 4.64. The summed E-state index contributed by atoms with van der Waals surface area (Å²) in [5.41, 5.74) is 0.575. The Bertz CT molecular complexity index is 778. The smallest absolute Gasteiger partial charge is 0.337 e. The maximum atomic E-state index is 12.4. The van der Waals surface area contributed by atoms with Crippen molar-refractivity contribution in [3.05, 3.63) is 53.1 Å². The number of hydrogen-bond donors (Lipinski definition) is 1. The fourth-order valence-corrected chi connectivity index (χ4v) is 2.23. The molecular formula is C18H18ClNO5. The van der Waals surface area contributed by atoms with Gasteiger partial charge in [-0.3, -0.25) is 4.79 Å². The fourth-order valence-electron chi connectivity index (χ4n) is 2.06. The summed E-state index contributed by atoms with van der Waals surface area (Å²) < 4.78 is 15.5. The van der Waals surface area contributed by atoms with Crippen LogP contribution < -0.4 is 14.8 Å². The highest BCUT2D eigenvalue weighted by Crippen LogP contribution is 2.28. The average molecular weight is 364 g/mol. The monoisotopic (exact) mass is 363 g/mol. The Morgan fingerprint density at radius 2 is 1.76 bits per heavy atom. The number of rotatable bonds is 6. The highest BCUT2D eigenvalue weighted by atomic mass is 35.5. The Balaban J connectivity index is 2.12. The lowest BCUT2D eigenvalue weighted by Crippen LogP contribution is -2.30. The zero-order valence-corrected chi connectivity index (χ0v) is 14.8. The standard InChI is InChI=1S/C18H18ClNO5/c1-11(25-16-7-5-4-6-15(16)23-2)17(21)20-14-10-12(18(22)24-3)8-9-13(14)19/h4-11H,1-3H3,(H,20,21)/t11-/m0/s1. The molecule has 1 atom stereocenters. The van der Waals surface area contributed by atoms with Crippen molar-refractivity contribution in [1.82, 2.24) is 0 Å². The first-order valence-electron chi connectivity index (χ1n) is 7.44. The highest BCUT2D eigenvalue weighted by Gasteiger charge is 2.19. The number of halogens is 1. The van der Waals surface area contributed by atoms with Gasteiger partial charge in [-0.2, -0.15) is 0 Å². The highest BCUT2D eigenvalue weighted by molar-refractivity contribution is 6.33. The van der Waals surface area contributed by atoms with Gasteiger partial charge in [-0.15, -0.1) is 0 Å². The lowest BCUT2D eigenvalue weighted by Gasteiger charge is -2.17. The third-order valence-electron chi connectivity index (χ3n) is 3.39. The van der Waals surface area contributed by atoms with Gasteiger partial charge in [-0.05, 0) is 37.3 Å². The zero-order valence-electron chi connectivity index (χ0n) is 14.0. The Labute approximate surface area is 150 Å². The van der Waals surface area contributed by atoms with Crippen LogP contribution in [0.25, 0.3) is 0 Å². The minimum atomic E-state index is -0.811. The number of ether oxygens (including phenoxy) is 3. The van der Waals surface area contributed by atoms with Crippen LogP contribution in [0.15, 0.2) is 42.5 Å². The number of carbonyl (C=O) groups is 2. The normalized spacial score (nSPS) is 11.4. The maximum Gasteiger partial charge on any atom is 0.337 e. The summed E-state index contributed by atoms with van der Waals surface area (Å²) in [5.74, 6) is 0.0234. The Kier molecular flexibility index (Phi) is 6.25. The van der Waals surface area contributed by atoms with Crippen LogP contribution in [0.5, 0.6) is 11.5 Å². The van der Waals surface area contributed by atoms with Gasteiger partial charge in [0.15, 0.2) is 17.6 Å². The van der Waals surface area contributed by atoms with Crippen LogP contribution >= 0.6 is 11.6 Å². The quantitative estimate of drug-likeness (QED) is 0.794. The molecule has 25 heavy (non-hydrogen) atoms. The summed E-state index contributed by atoms with van der Waals surface area (Å²) in [7, 11) is 2.80. The van der Waals surface area contributed by atoms with E-state index in [4.69, 9.17) is 21.1 Å². The van der Waals surface area contributed by atoms with E-state index in [1.54, 1.807) is 31.2 Å². The molecule has 1 N–H and O–H groups in total. The Hall–Kier alpha value is -2.73. The van der Waals surface area contributed by atoms with Crippen LogP contribution in [0, 0.1) is 0 Å². The molecule has 0 bridgehead atoms. The van der Waals surface area contributed by atoms with E-state index in [1.165, 1.54) is 32.4 Å². The van der Waals surface area contributed by atoms with Crippen molar-refractivity contribution in [3.63, 3.8) is 0 Å². The molecule has 132 valence electrons. The number of benzene rings is 2. The number of hydrogen-bond acceptors (Lipinski definition) is 5. The van der Waals surface area contributed by atoms with Crippen molar-refractivity contribution in [2.75, 3.05) is 19.5 Å². The van der Waals surface area contributed by atoms with Crippen molar-refractivity contribution in [2.24, 2.45) is 0 Å². The predicted molar refractivity (Wildman–Crippen MR) is 94.5 cm³/mol. The molecule has 1 amide bonds. The number of anilines is 1. The van der Waals surface area contributed by atoms with Crippen molar-refractivity contribution in [2.45, 2.75) is 13.0 Å². The summed E-state index contributed by atoms with van der Waals surface area (Å²) in [5, 5.41) is 2.94. The first-order chi connectivity index (χ1) is 12.0. The number of carbonyl (C=O) groups excluding carboxylic acids is 2. The van der Waals surface area contributed by atoms with Crippen LogP contribution in [0.4, 0.5) is 5.69 Å². The molecule has 0 heterocycles. The van der Waals surface area contributed by atoms with Gasteiger partial charge in [0, 0.05) is 0 Å². The van der Waals surface area contributed by atoms with E-state index in [2.05, 4.69) is 10.1 Å².